The van der Waals surface area contributed by atoms with E-state index in [1.165, 1.54) is 84.5 Å². The predicted molar refractivity (Wildman–Crippen MR) is 265 cm³/mol. The lowest BCUT2D eigenvalue weighted by atomic mass is 9.79. The topological polar surface area (TPSA) is 38.7 Å². The van der Waals surface area contributed by atoms with Crippen LogP contribution in [0.5, 0.6) is 0 Å². The van der Waals surface area contributed by atoms with Crippen LogP contribution in [0.25, 0.3) is 111 Å². The number of fused-ring (bicyclic) bond motifs is 6. The zero-order chi connectivity index (χ0) is 42.1. The molecular weight excluding hydrogens is 775 g/mol. The molecule has 64 heavy (non-hydrogen) atoms. The van der Waals surface area contributed by atoms with Crippen molar-refractivity contribution < 1.29 is 0 Å². The van der Waals surface area contributed by atoms with Gasteiger partial charge < -0.3 is 0 Å². The lowest BCUT2D eigenvalue weighted by molar-refractivity contribution is 0.628. The van der Waals surface area contributed by atoms with Crippen LogP contribution in [-0.2, 0) is 6.42 Å². The fourth-order valence-electron chi connectivity index (χ4n) is 10.7. The van der Waals surface area contributed by atoms with E-state index in [-0.39, 0.29) is 0 Å². The highest BCUT2D eigenvalue weighted by Crippen LogP contribution is 2.53. The molecule has 0 fully saturated rings. The van der Waals surface area contributed by atoms with Crippen molar-refractivity contribution in [2.75, 3.05) is 0 Å². The van der Waals surface area contributed by atoms with Crippen LogP contribution >= 0.6 is 0 Å². The molecule has 2 aliphatic rings. The number of nitrogens with zero attached hydrogens (tertiary/aromatic N) is 3. The third kappa shape index (κ3) is 6.07. The summed E-state index contributed by atoms with van der Waals surface area (Å²) in [5, 5.41) is 7.13. The molecule has 2 aliphatic carbocycles. The van der Waals surface area contributed by atoms with Crippen LogP contribution in [0.1, 0.15) is 35.4 Å². The van der Waals surface area contributed by atoms with E-state index >= 15 is 0 Å². The van der Waals surface area contributed by atoms with Gasteiger partial charge in [-0.15, -0.1) is 0 Å². The lowest BCUT2D eigenvalue weighted by Gasteiger charge is -2.25. The van der Waals surface area contributed by atoms with E-state index in [1.54, 1.807) is 5.56 Å². The van der Waals surface area contributed by atoms with E-state index in [0.717, 1.165) is 39.4 Å². The summed E-state index contributed by atoms with van der Waals surface area (Å²) in [5.41, 5.74) is 17.8. The monoisotopic (exact) mass is 815 g/mol. The molecule has 300 valence electrons. The third-order valence-electron chi connectivity index (χ3n) is 13.8. The highest BCUT2D eigenvalue weighted by molar-refractivity contribution is 6.04. The van der Waals surface area contributed by atoms with Gasteiger partial charge >= 0.3 is 0 Å². The van der Waals surface area contributed by atoms with E-state index in [9.17, 15) is 0 Å². The first-order chi connectivity index (χ1) is 31.7. The molecule has 0 saturated heterocycles. The third-order valence-corrected chi connectivity index (χ3v) is 13.8. The van der Waals surface area contributed by atoms with Crippen molar-refractivity contribution in [3.05, 3.63) is 223 Å². The average Bonchev–Trinajstić information content (AvgIpc) is 3.70. The van der Waals surface area contributed by atoms with Crippen molar-refractivity contribution in [3.63, 3.8) is 0 Å². The number of benzene rings is 10. The van der Waals surface area contributed by atoms with Crippen LogP contribution < -0.4 is 0 Å². The van der Waals surface area contributed by atoms with Gasteiger partial charge in [0.1, 0.15) is 0 Å². The minimum Gasteiger partial charge on any atom is -0.208 e. The number of rotatable bonds is 6. The molecular formula is C61H41N3. The van der Waals surface area contributed by atoms with Gasteiger partial charge in [0.2, 0.25) is 0 Å². The van der Waals surface area contributed by atoms with Crippen LogP contribution in [0.2, 0.25) is 0 Å². The van der Waals surface area contributed by atoms with Gasteiger partial charge in [-0.3, -0.25) is 0 Å². The van der Waals surface area contributed by atoms with E-state index in [0.29, 0.717) is 23.4 Å². The van der Waals surface area contributed by atoms with Gasteiger partial charge in [0.05, 0.1) is 0 Å². The molecule has 0 spiro atoms. The molecule has 0 radical (unpaired) electrons. The Labute approximate surface area is 372 Å². The van der Waals surface area contributed by atoms with Crippen molar-refractivity contribution >= 4 is 32.3 Å². The second kappa shape index (κ2) is 14.8. The van der Waals surface area contributed by atoms with E-state index in [1.807, 2.05) is 0 Å². The smallest absolute Gasteiger partial charge is 0.164 e. The highest BCUT2D eigenvalue weighted by atomic mass is 15.0. The Morgan fingerprint density at radius 3 is 1.52 bits per heavy atom. The Bertz CT molecular complexity index is 3540. The largest absolute Gasteiger partial charge is 0.208 e. The summed E-state index contributed by atoms with van der Waals surface area (Å²) in [6.45, 7) is 0. The van der Waals surface area contributed by atoms with E-state index < -0.39 is 0 Å². The summed E-state index contributed by atoms with van der Waals surface area (Å²) in [7, 11) is 0. The lowest BCUT2D eigenvalue weighted by Crippen LogP contribution is -2.09. The Morgan fingerprint density at radius 2 is 0.828 bits per heavy atom. The summed E-state index contributed by atoms with van der Waals surface area (Å²) >= 11 is 0. The first-order valence-corrected chi connectivity index (χ1v) is 22.4. The maximum absolute atomic E-state index is 5.14. The van der Waals surface area contributed by atoms with Gasteiger partial charge in [0.25, 0.3) is 0 Å². The molecule has 3 heteroatoms. The molecule has 0 aliphatic heterocycles. The minimum absolute atomic E-state index is 0.516. The molecule has 0 saturated carbocycles. The second-order valence-electron chi connectivity index (χ2n) is 17.4. The van der Waals surface area contributed by atoms with Crippen LogP contribution in [0.4, 0.5) is 0 Å². The first kappa shape index (κ1) is 36.6. The molecule has 10 aromatic carbocycles. The van der Waals surface area contributed by atoms with Crippen molar-refractivity contribution in [2.45, 2.75) is 25.2 Å². The zero-order valence-corrected chi connectivity index (χ0v) is 35.2. The Hall–Kier alpha value is -8.01. The first-order valence-electron chi connectivity index (χ1n) is 22.4. The normalized spacial score (nSPS) is 13.9. The number of hydrogen-bond acceptors (Lipinski definition) is 3. The molecule has 1 unspecified atom stereocenters. The van der Waals surface area contributed by atoms with Gasteiger partial charge in [-0.2, -0.15) is 0 Å². The second-order valence-corrected chi connectivity index (χ2v) is 17.4. The van der Waals surface area contributed by atoms with Crippen LogP contribution in [-0.4, -0.2) is 15.0 Å². The van der Waals surface area contributed by atoms with Gasteiger partial charge in [-0.1, -0.05) is 194 Å². The van der Waals surface area contributed by atoms with Crippen molar-refractivity contribution in [1.82, 2.24) is 15.0 Å². The fourth-order valence-corrected chi connectivity index (χ4v) is 10.7. The van der Waals surface area contributed by atoms with Gasteiger partial charge in [-0.25, -0.2) is 15.0 Å². The zero-order valence-electron chi connectivity index (χ0n) is 35.2. The van der Waals surface area contributed by atoms with E-state index in [2.05, 4.69) is 206 Å². The van der Waals surface area contributed by atoms with Crippen LogP contribution in [0, 0.1) is 0 Å². The summed E-state index contributed by atoms with van der Waals surface area (Å²) < 4.78 is 0. The Kier molecular flexibility index (Phi) is 8.48. The SMILES string of the molecule is c1ccc2c(c1)-c1ccc(-c3ccc(-c4c(-c5ccc(-c6nc(-c7ccc8ccccc8c7)nc(-c7ccc8ccccc8c7)n6)cc5)ccc5ccccc45)cc3)c3c1C2CCC3. The summed E-state index contributed by atoms with van der Waals surface area (Å²) in [4.78, 5) is 15.4. The minimum atomic E-state index is 0.516. The summed E-state index contributed by atoms with van der Waals surface area (Å²) in [6, 6.07) is 74.9. The van der Waals surface area contributed by atoms with Crippen molar-refractivity contribution in [2.24, 2.45) is 0 Å². The highest BCUT2D eigenvalue weighted by Gasteiger charge is 2.34. The van der Waals surface area contributed by atoms with Gasteiger partial charge in [-0.05, 0) is 125 Å². The molecule has 0 amide bonds. The van der Waals surface area contributed by atoms with E-state index in [4.69, 9.17) is 15.0 Å². The van der Waals surface area contributed by atoms with Crippen molar-refractivity contribution in [3.8, 4) is 78.7 Å². The molecule has 1 atom stereocenters. The molecule has 13 rings (SSSR count). The molecule has 0 bridgehead atoms. The molecule has 1 heterocycles. The molecule has 1 aromatic heterocycles. The fraction of sp³-hybridized carbons (Fsp3) is 0.0656. The van der Waals surface area contributed by atoms with Gasteiger partial charge in [0, 0.05) is 22.6 Å². The average molecular weight is 816 g/mol. The quantitative estimate of drug-likeness (QED) is 0.168. The molecule has 11 aromatic rings. The standard InChI is InChI=1S/C61H41N3/c1-3-13-45-36-47(30-20-38(45)10-1)60-62-59(63-61(64-60)48-31-21-39-11-2-4-14-46(39)37-48)44-28-24-42(25-29-44)51-33-32-40-12-5-6-15-50(40)57(51)43-26-22-41(23-27-43)49-34-35-56-53-17-8-7-16-52(53)55-19-9-18-54(49)58(55)56/h1-8,10-17,20-37,55H,9,18-19H2. The Morgan fingerprint density at radius 1 is 0.344 bits per heavy atom. The maximum Gasteiger partial charge on any atom is 0.164 e. The van der Waals surface area contributed by atoms with Crippen LogP contribution in [0.3, 0.4) is 0 Å². The van der Waals surface area contributed by atoms with Crippen molar-refractivity contribution in [1.29, 1.82) is 0 Å². The van der Waals surface area contributed by atoms with Gasteiger partial charge in [0.15, 0.2) is 17.5 Å². The number of aromatic nitrogens is 3. The number of hydrogen-bond donors (Lipinski definition) is 0. The predicted octanol–water partition coefficient (Wildman–Crippen LogP) is 15.8. The Balaban J connectivity index is 0.890. The molecule has 3 nitrogen and oxygen atoms in total. The maximum atomic E-state index is 5.14. The molecule has 0 N–H and O–H groups in total. The summed E-state index contributed by atoms with van der Waals surface area (Å²) in [5.74, 6) is 2.46. The summed E-state index contributed by atoms with van der Waals surface area (Å²) in [6.07, 6.45) is 3.59. The van der Waals surface area contributed by atoms with Crippen LogP contribution in [0.15, 0.2) is 206 Å².